The minimum atomic E-state index is -0.765. The first-order valence-corrected chi connectivity index (χ1v) is 14.6. The van der Waals surface area contributed by atoms with Crippen LogP contribution < -0.4 is 4.74 Å². The molecule has 3 heterocycles. The zero-order chi connectivity index (χ0) is 28.7. The summed E-state index contributed by atoms with van der Waals surface area (Å²) in [6.45, 7) is 3.79. The van der Waals surface area contributed by atoms with Gasteiger partial charge in [0.25, 0.3) is 0 Å². The number of aromatic nitrogens is 1. The van der Waals surface area contributed by atoms with E-state index in [0.717, 1.165) is 72.9 Å². The van der Waals surface area contributed by atoms with Crippen molar-refractivity contribution in [2.45, 2.75) is 63.6 Å². The summed E-state index contributed by atoms with van der Waals surface area (Å²) >= 11 is 0. The van der Waals surface area contributed by atoms with Gasteiger partial charge in [0, 0.05) is 30.8 Å². The zero-order valence-corrected chi connectivity index (χ0v) is 23.6. The fourth-order valence-electron chi connectivity index (χ4n) is 6.52. The second kappa shape index (κ2) is 11.4. The van der Waals surface area contributed by atoms with Crippen molar-refractivity contribution in [2.75, 3.05) is 20.3 Å². The first-order chi connectivity index (χ1) is 19.8. The fourth-order valence-corrected chi connectivity index (χ4v) is 6.52. The third-order valence-corrected chi connectivity index (χ3v) is 9.06. The highest BCUT2D eigenvalue weighted by molar-refractivity contribution is 5.71. The van der Waals surface area contributed by atoms with Crippen LogP contribution in [0, 0.1) is 17.7 Å². The molecule has 2 fully saturated rings. The van der Waals surface area contributed by atoms with Crippen LogP contribution >= 0.6 is 0 Å². The number of aromatic hydroxyl groups is 1. The molecule has 1 saturated carbocycles. The minimum Gasteiger partial charge on any atom is -0.493 e. The quantitative estimate of drug-likeness (QED) is 0.327. The molecule has 0 spiro atoms. The number of rotatable bonds is 9. The number of fused-ring (bicyclic) bond motifs is 1. The molecule has 216 valence electrons. The van der Waals surface area contributed by atoms with Crippen LogP contribution in [-0.2, 0) is 22.5 Å². The molecule has 7 nitrogen and oxygen atoms in total. The van der Waals surface area contributed by atoms with E-state index in [0.29, 0.717) is 30.2 Å². The third-order valence-electron chi connectivity index (χ3n) is 9.06. The second-order valence-electron chi connectivity index (χ2n) is 11.9. The van der Waals surface area contributed by atoms with E-state index in [9.17, 15) is 19.4 Å². The van der Waals surface area contributed by atoms with Crippen molar-refractivity contribution in [1.82, 2.24) is 9.88 Å². The number of nitrogens with zero attached hydrogens (tertiary/aromatic N) is 2. The largest absolute Gasteiger partial charge is 0.493 e. The molecule has 41 heavy (non-hydrogen) atoms. The maximum atomic E-state index is 14.9. The van der Waals surface area contributed by atoms with Gasteiger partial charge in [-0.1, -0.05) is 37.3 Å². The fraction of sp³-hybridized carbons (Fsp3) is 0.455. The van der Waals surface area contributed by atoms with Gasteiger partial charge in [-0.15, -0.1) is 0 Å². The smallest absolute Gasteiger partial charge is 0.306 e. The van der Waals surface area contributed by atoms with Crippen LogP contribution in [0.4, 0.5) is 4.39 Å². The average molecular weight is 561 g/mol. The number of ether oxygens (including phenoxy) is 2. The van der Waals surface area contributed by atoms with Crippen LogP contribution in [0.3, 0.4) is 0 Å². The first kappa shape index (κ1) is 27.7. The van der Waals surface area contributed by atoms with Gasteiger partial charge in [0.1, 0.15) is 17.7 Å². The van der Waals surface area contributed by atoms with Crippen LogP contribution in [-0.4, -0.2) is 52.4 Å². The van der Waals surface area contributed by atoms with E-state index in [1.54, 1.807) is 6.92 Å². The molecular weight excluding hydrogens is 523 g/mol. The van der Waals surface area contributed by atoms with Gasteiger partial charge in [0.15, 0.2) is 0 Å². The molecule has 0 amide bonds. The molecule has 6 rings (SSSR count). The Morgan fingerprint density at radius 1 is 1.12 bits per heavy atom. The van der Waals surface area contributed by atoms with Gasteiger partial charge in [-0.05, 0) is 84.9 Å². The molecule has 1 aliphatic carbocycles. The maximum absolute atomic E-state index is 14.9. The second-order valence-corrected chi connectivity index (χ2v) is 11.9. The maximum Gasteiger partial charge on any atom is 0.306 e. The van der Waals surface area contributed by atoms with Crippen LogP contribution in [0.15, 0.2) is 48.7 Å². The summed E-state index contributed by atoms with van der Waals surface area (Å²) in [7, 11) is 2.06. The number of pyridine rings is 1. The number of aryl methyl sites for hydroxylation is 1. The average Bonchev–Trinajstić information content (AvgIpc) is 3.64. The van der Waals surface area contributed by atoms with Crippen molar-refractivity contribution >= 4 is 5.97 Å². The highest BCUT2D eigenvalue weighted by Gasteiger charge is 2.39. The number of carbonyl (C=O) groups is 1. The Bertz CT molecular complexity index is 1440. The van der Waals surface area contributed by atoms with E-state index in [1.807, 2.05) is 12.1 Å². The zero-order valence-electron chi connectivity index (χ0n) is 23.6. The lowest BCUT2D eigenvalue weighted by atomic mass is 9.82. The van der Waals surface area contributed by atoms with Crippen molar-refractivity contribution in [2.24, 2.45) is 11.8 Å². The Kier molecular flexibility index (Phi) is 7.70. The van der Waals surface area contributed by atoms with Gasteiger partial charge >= 0.3 is 5.97 Å². The molecule has 4 atom stereocenters. The molecule has 2 N–H and O–H groups in total. The molecule has 0 radical (unpaired) electrons. The van der Waals surface area contributed by atoms with Crippen LogP contribution in [0.1, 0.15) is 66.9 Å². The molecule has 3 aromatic rings. The van der Waals surface area contributed by atoms with Crippen molar-refractivity contribution in [3.05, 3.63) is 76.7 Å². The molecule has 8 heteroatoms. The lowest BCUT2D eigenvalue weighted by molar-refractivity contribution is -0.142. The predicted molar refractivity (Wildman–Crippen MR) is 152 cm³/mol. The molecule has 2 aromatic carbocycles. The summed E-state index contributed by atoms with van der Waals surface area (Å²) in [4.78, 5) is 17.8. The monoisotopic (exact) mass is 560 g/mol. The number of benzene rings is 2. The van der Waals surface area contributed by atoms with Gasteiger partial charge in [0.2, 0.25) is 5.88 Å². The molecule has 3 aliphatic rings. The summed E-state index contributed by atoms with van der Waals surface area (Å²) in [6.07, 6.45) is 5.60. The Morgan fingerprint density at radius 3 is 2.68 bits per heavy atom. The van der Waals surface area contributed by atoms with Crippen LogP contribution in [0.25, 0.3) is 11.1 Å². The lowest BCUT2D eigenvalue weighted by Gasteiger charge is -2.30. The summed E-state index contributed by atoms with van der Waals surface area (Å²) in [5.41, 5.74) is 5.14. The Balaban J connectivity index is 1.31. The topological polar surface area (TPSA) is 92.1 Å². The van der Waals surface area contributed by atoms with Crippen molar-refractivity contribution < 1.29 is 28.9 Å². The first-order valence-electron chi connectivity index (χ1n) is 14.6. The summed E-state index contributed by atoms with van der Waals surface area (Å²) in [6, 6.07) is 13.9. The predicted octanol–water partition coefficient (Wildman–Crippen LogP) is 6.09. The van der Waals surface area contributed by atoms with Crippen molar-refractivity contribution in [3.8, 4) is 22.8 Å². The molecule has 1 saturated heterocycles. The highest BCUT2D eigenvalue weighted by atomic mass is 19.1. The number of likely N-dealkylation sites (N-methyl/N-ethyl adjacent to an activating group) is 1. The number of hydrogen-bond acceptors (Lipinski definition) is 6. The normalized spacial score (nSPS) is 21.8. The molecule has 1 aromatic heterocycles. The summed E-state index contributed by atoms with van der Waals surface area (Å²) in [5.74, 6) is -0.723. The van der Waals surface area contributed by atoms with E-state index in [-0.39, 0.29) is 23.9 Å². The highest BCUT2D eigenvalue weighted by Crippen LogP contribution is 2.48. The van der Waals surface area contributed by atoms with E-state index < -0.39 is 17.7 Å². The Labute approximate surface area is 239 Å². The van der Waals surface area contributed by atoms with Gasteiger partial charge in [-0.25, -0.2) is 9.37 Å². The number of hydrogen-bond donors (Lipinski definition) is 2. The van der Waals surface area contributed by atoms with Crippen LogP contribution in [0.2, 0.25) is 0 Å². The van der Waals surface area contributed by atoms with Gasteiger partial charge in [-0.3, -0.25) is 9.69 Å². The van der Waals surface area contributed by atoms with E-state index >= 15 is 0 Å². The van der Waals surface area contributed by atoms with Crippen molar-refractivity contribution in [1.29, 1.82) is 0 Å². The molecule has 2 unspecified atom stereocenters. The Hall–Kier alpha value is -3.49. The lowest BCUT2D eigenvalue weighted by Crippen LogP contribution is -2.31. The van der Waals surface area contributed by atoms with E-state index in [2.05, 4.69) is 41.2 Å². The van der Waals surface area contributed by atoms with E-state index in [1.165, 1.54) is 6.07 Å². The van der Waals surface area contributed by atoms with E-state index in [4.69, 9.17) is 9.47 Å². The number of aliphatic carboxylic acids is 1. The van der Waals surface area contributed by atoms with Crippen LogP contribution in [0.5, 0.6) is 11.6 Å². The Morgan fingerprint density at radius 2 is 1.95 bits per heavy atom. The minimum absolute atomic E-state index is 0.0190. The SMILES string of the molecule is C[C@H](C(=O)O)C(c1ccc2c(c1)O[C@H](c1ccc(-c3cc(O)ncc3F)c(CN(C)C3CCOC3)c1)CC2)C1CC1. The number of carboxylic acid groups (broad SMARTS) is 1. The third kappa shape index (κ3) is 5.81. The molecular formula is C33H37FN2O5. The van der Waals surface area contributed by atoms with Gasteiger partial charge in [0.05, 0.1) is 18.7 Å². The summed E-state index contributed by atoms with van der Waals surface area (Å²) < 4.78 is 27.1. The molecule has 0 bridgehead atoms. The van der Waals surface area contributed by atoms with Gasteiger partial charge < -0.3 is 19.7 Å². The van der Waals surface area contributed by atoms with Crippen molar-refractivity contribution in [3.63, 3.8) is 0 Å². The summed E-state index contributed by atoms with van der Waals surface area (Å²) in [5, 5.41) is 19.7. The standard InChI is InChI=1S/C33H37FN2O5/c1-19(33(38)39)32(21-4-5-21)23-6-3-20-8-10-29(41-30(20)14-23)22-7-9-26(27-15-31(37)35-16-28(27)34)24(13-22)17-36(2)25-11-12-40-18-25/h3,6-7,9,13-16,19,21,25,29,32H,4-5,8,10-12,17-18H2,1-2H3,(H,35,37)(H,38,39)/t19-,25?,29-,32?/m0/s1. The van der Waals surface area contributed by atoms with Gasteiger partial charge in [-0.2, -0.15) is 0 Å². The molecule has 2 aliphatic heterocycles. The number of halogens is 1. The number of carboxylic acids is 1.